The van der Waals surface area contributed by atoms with Crippen LogP contribution in [0.2, 0.25) is 0 Å². The molecule has 1 heteroatoms. The van der Waals surface area contributed by atoms with Gasteiger partial charge in [-0.15, -0.1) is 0 Å². The van der Waals surface area contributed by atoms with Crippen LogP contribution in [0.3, 0.4) is 0 Å². The molecule has 0 spiro atoms. The maximum atomic E-state index is 3.94. The van der Waals surface area contributed by atoms with Crippen molar-refractivity contribution in [2.24, 2.45) is 0 Å². The second-order valence-corrected chi connectivity index (χ2v) is 2.82. The van der Waals surface area contributed by atoms with Gasteiger partial charge in [0.1, 0.15) is 0 Å². The number of hydrogen-bond acceptors (Lipinski definition) is 1. The third-order valence-electron chi connectivity index (χ3n) is 1.61. The van der Waals surface area contributed by atoms with Crippen LogP contribution in [0.5, 0.6) is 0 Å². The molecule has 1 N–H and O–H groups in total. The maximum absolute atomic E-state index is 3.94. The molecule has 1 nitrogen and oxygen atoms in total. The lowest BCUT2D eigenvalue weighted by Gasteiger charge is -1.99. The van der Waals surface area contributed by atoms with Crippen LogP contribution < -0.4 is 5.32 Å². The molecule has 0 aliphatic heterocycles. The minimum absolute atomic E-state index is 1.03. The van der Waals surface area contributed by atoms with Crippen LogP contribution in [0.15, 0.2) is 36.9 Å². The highest BCUT2D eigenvalue weighted by Gasteiger charge is 1.91. The Labute approximate surface area is 95.2 Å². The molecule has 0 aliphatic carbocycles. The van der Waals surface area contributed by atoms with Gasteiger partial charge in [-0.1, -0.05) is 57.7 Å². The lowest BCUT2D eigenvalue weighted by molar-refractivity contribution is 1.02. The van der Waals surface area contributed by atoms with Crippen molar-refractivity contribution < 1.29 is 0 Å². The van der Waals surface area contributed by atoms with Gasteiger partial charge in [0.05, 0.1) is 0 Å². The van der Waals surface area contributed by atoms with E-state index in [1.165, 1.54) is 11.1 Å². The largest absolute Gasteiger partial charge is 0.323 e. The standard InChI is InChI=1S/C10H12.C2H7N.C2H6/c1-3-9(2)10-7-5-4-6-8-10;1-3-2;1-2/h4-8H,2-3H2,1H3;3H,1-2H3;1-2H3. The fraction of sp³-hybridized carbons (Fsp3) is 0.429. The van der Waals surface area contributed by atoms with Crippen LogP contribution in [0.4, 0.5) is 0 Å². The predicted octanol–water partition coefficient (Wildman–Crippen LogP) is 3.97. The summed E-state index contributed by atoms with van der Waals surface area (Å²) < 4.78 is 0. The van der Waals surface area contributed by atoms with Crippen LogP contribution in [-0.2, 0) is 0 Å². The summed E-state index contributed by atoms with van der Waals surface area (Å²) in [7, 11) is 3.75. The van der Waals surface area contributed by atoms with Crippen molar-refractivity contribution >= 4 is 5.57 Å². The smallest absolute Gasteiger partial charge is 0.0167 e. The van der Waals surface area contributed by atoms with E-state index >= 15 is 0 Å². The zero-order valence-corrected chi connectivity index (χ0v) is 10.8. The molecule has 15 heavy (non-hydrogen) atoms. The molecule has 0 radical (unpaired) electrons. The quantitative estimate of drug-likeness (QED) is 0.773. The third-order valence-corrected chi connectivity index (χ3v) is 1.61. The average Bonchev–Trinajstić information content (AvgIpc) is 2.33. The number of nitrogens with one attached hydrogen (secondary N) is 1. The van der Waals surface area contributed by atoms with Crippen molar-refractivity contribution in [2.45, 2.75) is 27.2 Å². The fourth-order valence-electron chi connectivity index (χ4n) is 0.878. The minimum Gasteiger partial charge on any atom is -0.323 e. The summed E-state index contributed by atoms with van der Waals surface area (Å²) in [4.78, 5) is 0. The Balaban J connectivity index is 0. The molecule has 86 valence electrons. The molecule has 1 rings (SSSR count). The Morgan fingerprint density at radius 3 is 1.87 bits per heavy atom. The van der Waals surface area contributed by atoms with Crippen LogP contribution in [-0.4, -0.2) is 14.1 Å². The van der Waals surface area contributed by atoms with Gasteiger partial charge >= 0.3 is 0 Å². The van der Waals surface area contributed by atoms with Gasteiger partial charge in [0.15, 0.2) is 0 Å². The molecule has 0 amide bonds. The highest BCUT2D eigenvalue weighted by Crippen LogP contribution is 2.13. The van der Waals surface area contributed by atoms with Crippen LogP contribution in [0.1, 0.15) is 32.8 Å². The van der Waals surface area contributed by atoms with Gasteiger partial charge in [-0.3, -0.25) is 0 Å². The van der Waals surface area contributed by atoms with Gasteiger partial charge in [0.2, 0.25) is 0 Å². The van der Waals surface area contributed by atoms with E-state index in [1.807, 2.05) is 46.1 Å². The van der Waals surface area contributed by atoms with E-state index in [0.717, 1.165) is 6.42 Å². The van der Waals surface area contributed by atoms with Crippen molar-refractivity contribution in [2.75, 3.05) is 14.1 Å². The van der Waals surface area contributed by atoms with E-state index in [9.17, 15) is 0 Å². The normalized spacial score (nSPS) is 7.80. The molecule has 0 saturated heterocycles. The number of allylic oxidation sites excluding steroid dienone is 1. The molecule has 0 unspecified atom stereocenters. The number of rotatable bonds is 2. The summed E-state index contributed by atoms with van der Waals surface area (Å²) in [6.07, 6.45) is 1.03. The molecule has 0 saturated carbocycles. The average molecular weight is 207 g/mol. The van der Waals surface area contributed by atoms with Crippen LogP contribution in [0, 0.1) is 0 Å². The van der Waals surface area contributed by atoms with Crippen molar-refractivity contribution in [3.8, 4) is 0 Å². The van der Waals surface area contributed by atoms with E-state index in [4.69, 9.17) is 0 Å². The zero-order chi connectivity index (χ0) is 12.1. The maximum Gasteiger partial charge on any atom is -0.0167 e. The Kier molecular flexibility index (Phi) is 14.1. The van der Waals surface area contributed by atoms with Gasteiger partial charge in [-0.25, -0.2) is 0 Å². The van der Waals surface area contributed by atoms with Crippen molar-refractivity contribution in [3.05, 3.63) is 42.5 Å². The highest BCUT2D eigenvalue weighted by molar-refractivity contribution is 5.62. The predicted molar refractivity (Wildman–Crippen MR) is 72.1 cm³/mol. The first-order valence-electron chi connectivity index (χ1n) is 5.57. The SMILES string of the molecule is C=C(CC)c1ccccc1.CC.CNC. The first-order valence-corrected chi connectivity index (χ1v) is 5.57. The fourth-order valence-corrected chi connectivity index (χ4v) is 0.878. The van der Waals surface area contributed by atoms with Crippen molar-refractivity contribution in [1.29, 1.82) is 0 Å². The lowest BCUT2D eigenvalue weighted by atomic mass is 10.1. The van der Waals surface area contributed by atoms with Gasteiger partial charge in [-0.05, 0) is 31.7 Å². The Hall–Kier alpha value is -1.08. The Morgan fingerprint density at radius 2 is 1.53 bits per heavy atom. The third kappa shape index (κ3) is 9.23. The first-order chi connectivity index (χ1) is 7.26. The van der Waals surface area contributed by atoms with E-state index in [1.54, 1.807) is 0 Å². The topological polar surface area (TPSA) is 12.0 Å². The summed E-state index contributed by atoms with van der Waals surface area (Å²) in [6, 6.07) is 10.3. The molecule has 0 aliphatic rings. The molecular weight excluding hydrogens is 182 g/mol. The van der Waals surface area contributed by atoms with E-state index in [2.05, 4.69) is 31.0 Å². The molecule has 0 atom stereocenters. The summed E-state index contributed by atoms with van der Waals surface area (Å²) >= 11 is 0. The van der Waals surface area contributed by atoms with Gasteiger partial charge in [-0.2, -0.15) is 0 Å². The Morgan fingerprint density at radius 1 is 1.13 bits per heavy atom. The Bertz CT molecular complexity index is 226. The molecule has 0 heterocycles. The molecule has 1 aromatic carbocycles. The summed E-state index contributed by atoms with van der Waals surface area (Å²) in [5.41, 5.74) is 2.46. The molecule has 0 bridgehead atoms. The zero-order valence-electron chi connectivity index (χ0n) is 10.8. The molecule has 0 fully saturated rings. The number of benzene rings is 1. The van der Waals surface area contributed by atoms with E-state index < -0.39 is 0 Å². The molecule has 0 aromatic heterocycles. The van der Waals surface area contributed by atoms with Crippen molar-refractivity contribution in [1.82, 2.24) is 5.32 Å². The van der Waals surface area contributed by atoms with Crippen LogP contribution >= 0.6 is 0 Å². The first kappa shape index (κ1) is 16.4. The van der Waals surface area contributed by atoms with Gasteiger partial charge in [0.25, 0.3) is 0 Å². The van der Waals surface area contributed by atoms with Crippen molar-refractivity contribution in [3.63, 3.8) is 0 Å². The number of hydrogen-bond donors (Lipinski definition) is 1. The van der Waals surface area contributed by atoms with Gasteiger partial charge in [0, 0.05) is 0 Å². The van der Waals surface area contributed by atoms with Gasteiger partial charge < -0.3 is 5.32 Å². The minimum atomic E-state index is 1.03. The molecular formula is C14H25N. The van der Waals surface area contributed by atoms with E-state index in [-0.39, 0.29) is 0 Å². The summed E-state index contributed by atoms with van der Waals surface area (Å²) in [6.45, 7) is 10.1. The summed E-state index contributed by atoms with van der Waals surface area (Å²) in [5, 5.41) is 2.75. The van der Waals surface area contributed by atoms with E-state index in [0.29, 0.717) is 0 Å². The lowest BCUT2D eigenvalue weighted by Crippen LogP contribution is -1.89. The van der Waals surface area contributed by atoms with Crippen LogP contribution in [0.25, 0.3) is 5.57 Å². The summed E-state index contributed by atoms with van der Waals surface area (Å²) in [5.74, 6) is 0. The molecule has 1 aromatic rings. The highest BCUT2D eigenvalue weighted by atomic mass is 14.7. The second-order valence-electron chi connectivity index (χ2n) is 2.82. The second kappa shape index (κ2) is 12.9. The monoisotopic (exact) mass is 207 g/mol.